The van der Waals surface area contributed by atoms with Gasteiger partial charge in [0.1, 0.15) is 0 Å². The zero-order valence-electron chi connectivity index (χ0n) is 13.0. The Kier molecular flexibility index (Phi) is 5.01. The first kappa shape index (κ1) is 16.3. The zero-order valence-corrected chi connectivity index (χ0v) is 13.8. The van der Waals surface area contributed by atoms with E-state index >= 15 is 0 Å². The Hall–Kier alpha value is -2.53. The van der Waals surface area contributed by atoms with Gasteiger partial charge in [-0.05, 0) is 23.8 Å². The zero-order chi connectivity index (χ0) is 16.9. The molecule has 0 saturated carbocycles. The standard InChI is InChI=1S/C18H18ClN3O2/c19-15-7-4-8-16(10-15)20-21-18(24)14-9-17(23)22(12-14)11-13-5-2-1-3-6-13/h1-8,10,14,20H,9,11-12H2,(H,21,24)/t14-/m1/s1. The number of halogens is 1. The molecule has 2 aromatic carbocycles. The van der Waals surface area contributed by atoms with Gasteiger partial charge in [0.2, 0.25) is 11.8 Å². The molecule has 0 unspecified atom stereocenters. The number of nitrogens with one attached hydrogen (secondary N) is 2. The van der Waals surface area contributed by atoms with Gasteiger partial charge < -0.3 is 4.90 Å². The van der Waals surface area contributed by atoms with Crippen molar-refractivity contribution in [1.29, 1.82) is 0 Å². The number of carbonyl (C=O) groups is 2. The number of likely N-dealkylation sites (tertiary alicyclic amines) is 1. The molecule has 1 aliphatic rings. The van der Waals surface area contributed by atoms with E-state index in [-0.39, 0.29) is 24.2 Å². The second-order valence-corrected chi connectivity index (χ2v) is 6.22. The summed E-state index contributed by atoms with van der Waals surface area (Å²) in [4.78, 5) is 26.1. The highest BCUT2D eigenvalue weighted by Gasteiger charge is 2.34. The first-order chi connectivity index (χ1) is 11.6. The molecule has 1 saturated heterocycles. The first-order valence-electron chi connectivity index (χ1n) is 7.75. The van der Waals surface area contributed by atoms with Crippen LogP contribution in [-0.2, 0) is 16.1 Å². The van der Waals surface area contributed by atoms with Gasteiger partial charge in [0.15, 0.2) is 0 Å². The lowest BCUT2D eigenvalue weighted by Gasteiger charge is -2.17. The summed E-state index contributed by atoms with van der Waals surface area (Å²) in [6.07, 6.45) is 0.232. The highest BCUT2D eigenvalue weighted by atomic mass is 35.5. The molecule has 5 nitrogen and oxygen atoms in total. The lowest BCUT2D eigenvalue weighted by Crippen LogP contribution is -2.36. The molecule has 24 heavy (non-hydrogen) atoms. The van der Waals surface area contributed by atoms with E-state index in [1.807, 2.05) is 30.3 Å². The van der Waals surface area contributed by atoms with E-state index in [4.69, 9.17) is 11.6 Å². The van der Waals surface area contributed by atoms with Gasteiger partial charge in [-0.15, -0.1) is 0 Å². The smallest absolute Gasteiger partial charge is 0.243 e. The van der Waals surface area contributed by atoms with Crippen molar-refractivity contribution in [1.82, 2.24) is 10.3 Å². The van der Waals surface area contributed by atoms with Crippen LogP contribution in [-0.4, -0.2) is 23.3 Å². The molecule has 0 spiro atoms. The minimum atomic E-state index is -0.354. The first-order valence-corrected chi connectivity index (χ1v) is 8.13. The SMILES string of the molecule is O=C(NNc1cccc(Cl)c1)[C@@H]1CC(=O)N(Cc2ccccc2)C1. The summed E-state index contributed by atoms with van der Waals surface area (Å²) in [6.45, 7) is 0.960. The molecule has 0 aromatic heterocycles. The van der Waals surface area contributed by atoms with Crippen LogP contribution in [0.15, 0.2) is 54.6 Å². The van der Waals surface area contributed by atoms with E-state index in [9.17, 15) is 9.59 Å². The van der Waals surface area contributed by atoms with Gasteiger partial charge in [0, 0.05) is 24.5 Å². The van der Waals surface area contributed by atoms with Crippen molar-refractivity contribution in [3.63, 3.8) is 0 Å². The van der Waals surface area contributed by atoms with Crippen LogP contribution < -0.4 is 10.9 Å². The third kappa shape index (κ3) is 4.06. The lowest BCUT2D eigenvalue weighted by atomic mass is 10.1. The summed E-state index contributed by atoms with van der Waals surface area (Å²) < 4.78 is 0. The van der Waals surface area contributed by atoms with Crippen LogP contribution in [0.4, 0.5) is 5.69 Å². The number of anilines is 1. The molecule has 124 valence electrons. The molecular weight excluding hydrogens is 326 g/mol. The van der Waals surface area contributed by atoms with Crippen LogP contribution >= 0.6 is 11.6 Å². The molecule has 1 heterocycles. The van der Waals surface area contributed by atoms with Crippen LogP contribution in [0, 0.1) is 5.92 Å². The summed E-state index contributed by atoms with van der Waals surface area (Å²) >= 11 is 5.90. The fourth-order valence-electron chi connectivity index (χ4n) is 2.71. The number of amides is 2. The van der Waals surface area contributed by atoms with E-state index in [0.717, 1.165) is 5.56 Å². The van der Waals surface area contributed by atoms with E-state index < -0.39 is 0 Å². The Morgan fingerprint density at radius 1 is 1.17 bits per heavy atom. The molecule has 1 aliphatic heterocycles. The van der Waals surface area contributed by atoms with Crippen molar-refractivity contribution in [2.75, 3.05) is 12.0 Å². The normalized spacial score (nSPS) is 17.0. The number of hydrazine groups is 1. The number of hydrogen-bond donors (Lipinski definition) is 2. The molecule has 3 rings (SSSR count). The molecule has 2 aromatic rings. The van der Waals surface area contributed by atoms with E-state index in [1.165, 1.54) is 0 Å². The monoisotopic (exact) mass is 343 g/mol. The van der Waals surface area contributed by atoms with Gasteiger partial charge in [-0.3, -0.25) is 20.4 Å². The van der Waals surface area contributed by atoms with Crippen molar-refractivity contribution >= 4 is 29.1 Å². The maximum atomic E-state index is 12.3. The van der Waals surface area contributed by atoms with Gasteiger partial charge in [-0.25, -0.2) is 0 Å². The third-order valence-corrected chi connectivity index (χ3v) is 4.19. The van der Waals surface area contributed by atoms with Gasteiger partial charge in [0.05, 0.1) is 11.6 Å². The Morgan fingerprint density at radius 3 is 2.71 bits per heavy atom. The van der Waals surface area contributed by atoms with Gasteiger partial charge >= 0.3 is 0 Å². The van der Waals surface area contributed by atoms with E-state index in [2.05, 4.69) is 10.9 Å². The van der Waals surface area contributed by atoms with Crippen LogP contribution in [0.5, 0.6) is 0 Å². The van der Waals surface area contributed by atoms with E-state index in [0.29, 0.717) is 23.8 Å². The number of benzene rings is 2. The average Bonchev–Trinajstić information content (AvgIpc) is 2.95. The van der Waals surface area contributed by atoms with Gasteiger partial charge in [-0.2, -0.15) is 0 Å². The van der Waals surface area contributed by atoms with Crippen LogP contribution in [0.3, 0.4) is 0 Å². The topological polar surface area (TPSA) is 61.4 Å². The number of nitrogens with zero attached hydrogens (tertiary/aromatic N) is 1. The Morgan fingerprint density at radius 2 is 1.96 bits per heavy atom. The minimum absolute atomic E-state index is 0.00163. The van der Waals surface area contributed by atoms with Crippen LogP contribution in [0.25, 0.3) is 0 Å². The maximum Gasteiger partial charge on any atom is 0.243 e. The van der Waals surface area contributed by atoms with Gasteiger partial charge in [0.25, 0.3) is 0 Å². The fourth-order valence-corrected chi connectivity index (χ4v) is 2.90. The molecule has 6 heteroatoms. The van der Waals surface area contributed by atoms with Crippen molar-refractivity contribution in [2.24, 2.45) is 5.92 Å². The number of rotatable bonds is 5. The van der Waals surface area contributed by atoms with Crippen LogP contribution in [0.2, 0.25) is 5.02 Å². The molecule has 1 fully saturated rings. The second-order valence-electron chi connectivity index (χ2n) is 5.79. The largest absolute Gasteiger partial charge is 0.338 e. The van der Waals surface area contributed by atoms with E-state index in [1.54, 1.807) is 29.2 Å². The Balaban J connectivity index is 1.54. The van der Waals surface area contributed by atoms with Gasteiger partial charge in [-0.1, -0.05) is 48.0 Å². The molecular formula is C18H18ClN3O2. The predicted molar refractivity (Wildman–Crippen MR) is 93.2 cm³/mol. The number of carbonyl (C=O) groups excluding carboxylic acids is 2. The van der Waals surface area contributed by atoms with Crippen molar-refractivity contribution in [3.05, 3.63) is 65.2 Å². The highest BCUT2D eigenvalue weighted by molar-refractivity contribution is 6.30. The van der Waals surface area contributed by atoms with Crippen molar-refractivity contribution in [2.45, 2.75) is 13.0 Å². The Labute approximate surface area is 145 Å². The summed E-state index contributed by atoms with van der Waals surface area (Å²) in [5, 5.41) is 0.583. The molecule has 1 atom stereocenters. The van der Waals surface area contributed by atoms with Crippen molar-refractivity contribution in [3.8, 4) is 0 Å². The summed E-state index contributed by atoms with van der Waals surface area (Å²) in [5.41, 5.74) is 7.23. The van der Waals surface area contributed by atoms with Crippen molar-refractivity contribution < 1.29 is 9.59 Å². The Bertz CT molecular complexity index is 736. The lowest BCUT2D eigenvalue weighted by molar-refractivity contribution is -0.129. The molecule has 2 amide bonds. The summed E-state index contributed by atoms with van der Waals surface area (Å²) in [7, 11) is 0. The fraction of sp³-hybridized carbons (Fsp3) is 0.222. The molecule has 0 aliphatic carbocycles. The second kappa shape index (κ2) is 7.36. The molecule has 0 bridgehead atoms. The number of hydrogen-bond acceptors (Lipinski definition) is 3. The summed E-state index contributed by atoms with van der Waals surface area (Å²) in [6, 6.07) is 16.8. The molecule has 0 radical (unpaired) electrons. The third-order valence-electron chi connectivity index (χ3n) is 3.96. The minimum Gasteiger partial charge on any atom is -0.338 e. The maximum absolute atomic E-state index is 12.3. The average molecular weight is 344 g/mol. The van der Waals surface area contributed by atoms with Crippen LogP contribution in [0.1, 0.15) is 12.0 Å². The quantitative estimate of drug-likeness (QED) is 0.821. The predicted octanol–water partition coefficient (Wildman–Crippen LogP) is 2.83. The highest BCUT2D eigenvalue weighted by Crippen LogP contribution is 2.20. The summed E-state index contributed by atoms with van der Waals surface area (Å²) in [5.74, 6) is -0.548. The molecule has 2 N–H and O–H groups in total.